The van der Waals surface area contributed by atoms with Crippen LogP contribution in [-0.2, 0) is 11.2 Å². The van der Waals surface area contributed by atoms with Crippen molar-refractivity contribution in [3.05, 3.63) is 32.6 Å². The van der Waals surface area contributed by atoms with Crippen molar-refractivity contribution in [3.63, 3.8) is 0 Å². The number of likely N-dealkylation sites (tertiary alicyclic amines) is 1. The highest BCUT2D eigenvalue weighted by molar-refractivity contribution is 7.13. The number of rotatable bonds is 7. The SMILES string of the molecule is Cc1nc(N)c(CCC2CCN(C(=O)[C@H](C)CC(=O)c3cnc(C)s3)CC2)c(Cl)n1. The molecule has 3 rings (SSSR count). The van der Waals surface area contributed by atoms with Gasteiger partial charge < -0.3 is 10.6 Å². The molecule has 30 heavy (non-hydrogen) atoms. The molecule has 3 heterocycles. The normalized spacial score (nSPS) is 15.9. The van der Waals surface area contributed by atoms with E-state index < -0.39 is 0 Å². The van der Waals surface area contributed by atoms with Crippen molar-refractivity contribution >= 4 is 40.4 Å². The van der Waals surface area contributed by atoms with Crippen molar-refractivity contribution in [2.75, 3.05) is 18.8 Å². The summed E-state index contributed by atoms with van der Waals surface area (Å²) in [5, 5.41) is 1.29. The number of carbonyl (C=O) groups is 2. The van der Waals surface area contributed by atoms with E-state index in [-0.39, 0.29) is 24.0 Å². The van der Waals surface area contributed by atoms with Crippen molar-refractivity contribution < 1.29 is 9.59 Å². The van der Waals surface area contributed by atoms with Gasteiger partial charge in [0, 0.05) is 37.2 Å². The van der Waals surface area contributed by atoms with Gasteiger partial charge in [-0.2, -0.15) is 0 Å². The summed E-state index contributed by atoms with van der Waals surface area (Å²) < 4.78 is 0. The van der Waals surface area contributed by atoms with E-state index in [1.165, 1.54) is 11.3 Å². The van der Waals surface area contributed by atoms with Crippen LogP contribution in [0.1, 0.15) is 58.7 Å². The third-order valence-corrected chi connectivity index (χ3v) is 6.90. The second kappa shape index (κ2) is 9.83. The van der Waals surface area contributed by atoms with Gasteiger partial charge in [-0.15, -0.1) is 11.3 Å². The van der Waals surface area contributed by atoms with Crippen LogP contribution in [0.3, 0.4) is 0 Å². The predicted octanol–water partition coefficient (Wildman–Crippen LogP) is 3.87. The molecule has 7 nitrogen and oxygen atoms in total. The standard InChI is InChI=1S/C21H28ClN5O2S/c1-12(10-17(28)18-11-24-14(3)30-18)21(29)27-8-6-15(7-9-27)4-5-16-19(22)25-13(2)26-20(16)23/h11-12,15H,4-10H2,1-3H3,(H2,23,25,26)/t12-/m1/s1. The fraction of sp³-hybridized carbons (Fsp3) is 0.571. The van der Waals surface area contributed by atoms with Crippen LogP contribution in [0, 0.1) is 25.7 Å². The van der Waals surface area contributed by atoms with Crippen LogP contribution >= 0.6 is 22.9 Å². The second-order valence-corrected chi connectivity index (χ2v) is 9.60. The number of hydrogen-bond donors (Lipinski definition) is 1. The van der Waals surface area contributed by atoms with Gasteiger partial charge in [0.1, 0.15) is 16.8 Å². The highest BCUT2D eigenvalue weighted by atomic mass is 35.5. The van der Waals surface area contributed by atoms with Crippen molar-refractivity contribution in [3.8, 4) is 0 Å². The first-order valence-corrected chi connectivity index (χ1v) is 11.5. The number of carbonyl (C=O) groups excluding carboxylic acids is 2. The summed E-state index contributed by atoms with van der Waals surface area (Å²) >= 11 is 7.60. The van der Waals surface area contributed by atoms with E-state index in [1.807, 2.05) is 18.7 Å². The van der Waals surface area contributed by atoms with Gasteiger partial charge >= 0.3 is 0 Å². The second-order valence-electron chi connectivity index (χ2n) is 8.00. The first kappa shape index (κ1) is 22.6. The minimum Gasteiger partial charge on any atom is -0.383 e. The summed E-state index contributed by atoms with van der Waals surface area (Å²) in [4.78, 5) is 40.2. The zero-order valence-electron chi connectivity index (χ0n) is 17.7. The number of piperidine rings is 1. The molecular formula is C21H28ClN5O2S. The summed E-state index contributed by atoms with van der Waals surface area (Å²) in [6.07, 6.45) is 5.38. The molecule has 1 saturated heterocycles. The molecule has 1 atom stereocenters. The van der Waals surface area contributed by atoms with Crippen LogP contribution in [0.4, 0.5) is 5.82 Å². The molecular weight excluding hydrogens is 422 g/mol. The molecule has 0 bridgehead atoms. The summed E-state index contributed by atoms with van der Waals surface area (Å²) in [5.74, 6) is 1.26. The van der Waals surface area contributed by atoms with Gasteiger partial charge in [-0.25, -0.2) is 15.0 Å². The Hall–Kier alpha value is -2.06. The van der Waals surface area contributed by atoms with Crippen molar-refractivity contribution in [2.24, 2.45) is 11.8 Å². The summed E-state index contributed by atoms with van der Waals surface area (Å²) in [7, 11) is 0. The van der Waals surface area contributed by atoms with E-state index in [0.717, 1.165) is 49.3 Å². The molecule has 1 amide bonds. The van der Waals surface area contributed by atoms with Gasteiger partial charge in [-0.3, -0.25) is 9.59 Å². The molecule has 1 aliphatic rings. The number of halogens is 1. The Morgan fingerprint density at radius 2 is 2.00 bits per heavy atom. The van der Waals surface area contributed by atoms with Crippen LogP contribution in [0.25, 0.3) is 0 Å². The van der Waals surface area contributed by atoms with E-state index in [0.29, 0.717) is 27.6 Å². The summed E-state index contributed by atoms with van der Waals surface area (Å²) in [5.41, 5.74) is 6.81. The zero-order chi connectivity index (χ0) is 21.8. The van der Waals surface area contributed by atoms with E-state index in [1.54, 1.807) is 13.1 Å². The molecule has 2 N–H and O–H groups in total. The Morgan fingerprint density at radius 1 is 1.30 bits per heavy atom. The van der Waals surface area contributed by atoms with Crippen molar-refractivity contribution in [1.82, 2.24) is 19.9 Å². The lowest BCUT2D eigenvalue weighted by Gasteiger charge is -2.33. The summed E-state index contributed by atoms with van der Waals surface area (Å²) in [6.45, 7) is 6.91. The molecule has 1 aliphatic heterocycles. The first-order chi connectivity index (χ1) is 14.2. The van der Waals surface area contributed by atoms with Crippen LogP contribution in [0.2, 0.25) is 5.15 Å². The van der Waals surface area contributed by atoms with Crippen LogP contribution in [-0.4, -0.2) is 44.6 Å². The molecule has 0 aromatic carbocycles. The highest BCUT2D eigenvalue weighted by Crippen LogP contribution is 2.27. The molecule has 2 aromatic rings. The molecule has 2 aromatic heterocycles. The molecule has 0 radical (unpaired) electrons. The van der Waals surface area contributed by atoms with Gasteiger partial charge in [0.05, 0.1) is 9.88 Å². The number of aromatic nitrogens is 3. The number of nitrogen functional groups attached to an aromatic ring is 1. The maximum absolute atomic E-state index is 12.8. The van der Waals surface area contributed by atoms with E-state index >= 15 is 0 Å². The van der Waals surface area contributed by atoms with E-state index in [9.17, 15) is 9.59 Å². The number of thiazole rings is 1. The molecule has 0 spiro atoms. The fourth-order valence-electron chi connectivity index (χ4n) is 3.87. The number of hydrogen-bond acceptors (Lipinski definition) is 7. The van der Waals surface area contributed by atoms with Gasteiger partial charge in [-0.05, 0) is 45.4 Å². The van der Waals surface area contributed by atoms with Gasteiger partial charge in [0.2, 0.25) is 5.91 Å². The van der Waals surface area contributed by atoms with Crippen LogP contribution in [0.15, 0.2) is 6.20 Å². The van der Waals surface area contributed by atoms with Gasteiger partial charge in [-0.1, -0.05) is 18.5 Å². The van der Waals surface area contributed by atoms with Crippen LogP contribution < -0.4 is 5.73 Å². The van der Waals surface area contributed by atoms with Crippen molar-refractivity contribution in [1.29, 1.82) is 0 Å². The Labute approximate surface area is 186 Å². The average Bonchev–Trinajstić information content (AvgIpc) is 3.13. The quantitative estimate of drug-likeness (QED) is 0.508. The van der Waals surface area contributed by atoms with Crippen molar-refractivity contribution in [2.45, 2.75) is 52.9 Å². The molecule has 1 fully saturated rings. The molecule has 162 valence electrons. The molecule has 0 saturated carbocycles. The molecule has 0 unspecified atom stereocenters. The summed E-state index contributed by atoms with van der Waals surface area (Å²) in [6, 6.07) is 0. The Morgan fingerprint density at radius 3 is 2.60 bits per heavy atom. The monoisotopic (exact) mass is 449 g/mol. The number of anilines is 1. The number of nitrogens with zero attached hydrogens (tertiary/aromatic N) is 4. The highest BCUT2D eigenvalue weighted by Gasteiger charge is 2.28. The van der Waals surface area contributed by atoms with E-state index in [2.05, 4.69) is 15.0 Å². The Kier molecular flexibility index (Phi) is 7.41. The Balaban J connectivity index is 1.46. The minimum absolute atomic E-state index is 0.00822. The van der Waals surface area contributed by atoms with E-state index in [4.69, 9.17) is 17.3 Å². The maximum atomic E-state index is 12.8. The largest absolute Gasteiger partial charge is 0.383 e. The maximum Gasteiger partial charge on any atom is 0.225 e. The lowest BCUT2D eigenvalue weighted by molar-refractivity contribution is -0.136. The number of aryl methyl sites for hydroxylation is 2. The zero-order valence-corrected chi connectivity index (χ0v) is 19.2. The smallest absolute Gasteiger partial charge is 0.225 e. The lowest BCUT2D eigenvalue weighted by Crippen LogP contribution is -2.41. The van der Waals surface area contributed by atoms with Gasteiger partial charge in [0.25, 0.3) is 0 Å². The number of ketones is 1. The Bertz CT molecular complexity index is 901. The fourth-order valence-corrected chi connectivity index (χ4v) is 4.91. The number of amides is 1. The number of Topliss-reactive ketones (excluding diaryl/α,β-unsaturated/α-hetero) is 1. The minimum atomic E-state index is -0.320. The third-order valence-electron chi connectivity index (χ3n) is 5.64. The predicted molar refractivity (Wildman–Crippen MR) is 119 cm³/mol. The molecule has 0 aliphatic carbocycles. The molecule has 9 heteroatoms. The number of nitrogens with two attached hydrogens (primary N) is 1. The lowest BCUT2D eigenvalue weighted by atomic mass is 9.90. The third kappa shape index (κ3) is 5.55. The topological polar surface area (TPSA) is 102 Å². The first-order valence-electron chi connectivity index (χ1n) is 10.3. The van der Waals surface area contributed by atoms with Gasteiger partial charge in [0.15, 0.2) is 5.78 Å². The van der Waals surface area contributed by atoms with Crippen LogP contribution in [0.5, 0.6) is 0 Å². The average molecular weight is 450 g/mol.